The molecule has 5 heteroatoms. The standard InChI is InChI=1S/C12H12Cl2O3/c1-6-3-8(12(15)16-2)7-4-9(13)10(14)5-11(7)17-6/h4-6,8H,3H2,1-2H3. The van der Waals surface area contributed by atoms with Gasteiger partial charge in [0.1, 0.15) is 5.75 Å². The lowest BCUT2D eigenvalue weighted by Gasteiger charge is -2.29. The molecule has 1 aliphatic rings. The average Bonchev–Trinajstić information content (AvgIpc) is 2.29. The summed E-state index contributed by atoms with van der Waals surface area (Å²) in [5.74, 6) is -0.0122. The van der Waals surface area contributed by atoms with Crippen LogP contribution < -0.4 is 4.74 Å². The van der Waals surface area contributed by atoms with Crippen molar-refractivity contribution in [1.29, 1.82) is 0 Å². The number of carbonyl (C=O) groups excluding carboxylic acids is 1. The largest absolute Gasteiger partial charge is 0.490 e. The molecule has 1 heterocycles. The summed E-state index contributed by atoms with van der Waals surface area (Å²) in [6.45, 7) is 1.90. The summed E-state index contributed by atoms with van der Waals surface area (Å²) in [5, 5.41) is 0.834. The van der Waals surface area contributed by atoms with Crippen LogP contribution in [0.2, 0.25) is 10.0 Å². The molecular weight excluding hydrogens is 263 g/mol. The van der Waals surface area contributed by atoms with E-state index in [1.807, 2.05) is 6.92 Å². The molecule has 0 N–H and O–H groups in total. The monoisotopic (exact) mass is 274 g/mol. The van der Waals surface area contributed by atoms with E-state index in [4.69, 9.17) is 32.7 Å². The van der Waals surface area contributed by atoms with E-state index in [-0.39, 0.29) is 18.0 Å². The first-order chi connectivity index (χ1) is 8.02. The van der Waals surface area contributed by atoms with E-state index in [2.05, 4.69) is 0 Å². The molecule has 2 unspecified atom stereocenters. The van der Waals surface area contributed by atoms with E-state index in [9.17, 15) is 4.79 Å². The molecule has 2 atom stereocenters. The number of hydrogen-bond acceptors (Lipinski definition) is 3. The molecule has 1 aromatic carbocycles. The Balaban J connectivity index is 2.48. The molecule has 0 aliphatic carbocycles. The number of rotatable bonds is 1. The quantitative estimate of drug-likeness (QED) is 0.737. The second-order valence-electron chi connectivity index (χ2n) is 4.04. The number of methoxy groups -OCH3 is 1. The summed E-state index contributed by atoms with van der Waals surface area (Å²) < 4.78 is 10.4. The van der Waals surface area contributed by atoms with Crippen LogP contribution >= 0.6 is 23.2 Å². The van der Waals surface area contributed by atoms with Gasteiger partial charge in [0.25, 0.3) is 0 Å². The third kappa shape index (κ3) is 2.35. The first-order valence-corrected chi connectivity index (χ1v) is 6.02. The first-order valence-electron chi connectivity index (χ1n) is 5.26. The molecule has 0 spiro atoms. The Morgan fingerprint density at radius 2 is 2.06 bits per heavy atom. The van der Waals surface area contributed by atoms with Gasteiger partial charge in [-0.15, -0.1) is 0 Å². The zero-order valence-electron chi connectivity index (χ0n) is 9.50. The highest BCUT2D eigenvalue weighted by Crippen LogP contribution is 2.41. The van der Waals surface area contributed by atoms with Crippen molar-refractivity contribution in [3.63, 3.8) is 0 Å². The number of benzene rings is 1. The predicted molar refractivity (Wildman–Crippen MR) is 65.9 cm³/mol. The van der Waals surface area contributed by atoms with Gasteiger partial charge in [-0.05, 0) is 13.0 Å². The van der Waals surface area contributed by atoms with Crippen LogP contribution in [0.25, 0.3) is 0 Å². The molecule has 0 amide bonds. The van der Waals surface area contributed by atoms with E-state index < -0.39 is 0 Å². The number of ether oxygens (including phenoxy) is 2. The fraction of sp³-hybridized carbons (Fsp3) is 0.417. The summed E-state index contributed by atoms with van der Waals surface area (Å²) in [7, 11) is 1.37. The van der Waals surface area contributed by atoms with Crippen LogP contribution in [0.1, 0.15) is 24.8 Å². The molecule has 1 aromatic rings. The second kappa shape index (κ2) is 4.75. The zero-order chi connectivity index (χ0) is 12.6. The highest BCUT2D eigenvalue weighted by molar-refractivity contribution is 6.42. The van der Waals surface area contributed by atoms with Gasteiger partial charge in [-0.2, -0.15) is 0 Å². The summed E-state index contributed by atoms with van der Waals surface area (Å²) in [6.07, 6.45) is 0.529. The molecule has 2 rings (SSSR count). The minimum atomic E-state index is -0.339. The van der Waals surface area contributed by atoms with Crippen molar-refractivity contribution in [3.05, 3.63) is 27.7 Å². The molecule has 0 fully saturated rings. The van der Waals surface area contributed by atoms with Crippen molar-refractivity contribution >= 4 is 29.2 Å². The van der Waals surface area contributed by atoms with E-state index in [0.717, 1.165) is 5.56 Å². The molecule has 17 heavy (non-hydrogen) atoms. The van der Waals surface area contributed by atoms with Crippen molar-refractivity contribution < 1.29 is 14.3 Å². The van der Waals surface area contributed by atoms with E-state index in [0.29, 0.717) is 22.2 Å². The van der Waals surface area contributed by atoms with Gasteiger partial charge < -0.3 is 9.47 Å². The van der Waals surface area contributed by atoms with Crippen LogP contribution in [0, 0.1) is 0 Å². The molecule has 1 aliphatic heterocycles. The number of fused-ring (bicyclic) bond motifs is 1. The summed E-state index contributed by atoms with van der Waals surface area (Å²) in [6, 6.07) is 3.32. The Hall–Kier alpha value is -0.930. The lowest BCUT2D eigenvalue weighted by molar-refractivity contribution is -0.143. The van der Waals surface area contributed by atoms with Crippen LogP contribution in [-0.4, -0.2) is 19.2 Å². The van der Waals surface area contributed by atoms with Gasteiger partial charge in [0, 0.05) is 18.1 Å². The molecule has 0 saturated heterocycles. The third-order valence-corrected chi connectivity index (χ3v) is 3.53. The SMILES string of the molecule is COC(=O)C1CC(C)Oc2cc(Cl)c(Cl)cc21. The van der Waals surface area contributed by atoms with Gasteiger partial charge in [0.05, 0.1) is 29.2 Å². The Kier molecular flexibility index (Phi) is 3.50. The van der Waals surface area contributed by atoms with E-state index >= 15 is 0 Å². The zero-order valence-corrected chi connectivity index (χ0v) is 11.0. The normalized spacial score (nSPS) is 22.6. The van der Waals surface area contributed by atoms with Crippen LogP contribution in [0.15, 0.2) is 12.1 Å². The Labute approximate surface area is 110 Å². The molecule has 92 valence electrons. The molecule has 0 saturated carbocycles. The second-order valence-corrected chi connectivity index (χ2v) is 4.86. The van der Waals surface area contributed by atoms with Crippen molar-refractivity contribution in [2.75, 3.05) is 7.11 Å². The fourth-order valence-corrected chi connectivity index (χ4v) is 2.33. The fourth-order valence-electron chi connectivity index (χ4n) is 2.01. The van der Waals surface area contributed by atoms with Gasteiger partial charge >= 0.3 is 5.97 Å². The van der Waals surface area contributed by atoms with Gasteiger partial charge in [0.2, 0.25) is 0 Å². The number of esters is 1. The number of carbonyl (C=O) groups is 1. The summed E-state index contributed by atoms with van der Waals surface area (Å²) >= 11 is 11.9. The first kappa shape index (κ1) is 12.5. The maximum absolute atomic E-state index is 11.7. The summed E-state index contributed by atoms with van der Waals surface area (Å²) in [5.41, 5.74) is 0.740. The van der Waals surface area contributed by atoms with Gasteiger partial charge in [0.15, 0.2) is 0 Å². The van der Waals surface area contributed by atoms with Crippen LogP contribution in [0.5, 0.6) is 5.75 Å². The minimum absolute atomic E-state index is 0.0520. The van der Waals surface area contributed by atoms with Crippen molar-refractivity contribution in [3.8, 4) is 5.75 Å². The van der Waals surface area contributed by atoms with Crippen LogP contribution in [0.4, 0.5) is 0 Å². The smallest absolute Gasteiger partial charge is 0.313 e. The molecule has 0 aromatic heterocycles. The van der Waals surface area contributed by atoms with Gasteiger partial charge in [-0.1, -0.05) is 23.2 Å². The van der Waals surface area contributed by atoms with E-state index in [1.165, 1.54) is 7.11 Å². The molecule has 0 radical (unpaired) electrons. The third-order valence-electron chi connectivity index (χ3n) is 2.81. The van der Waals surface area contributed by atoms with Crippen LogP contribution in [0.3, 0.4) is 0 Å². The summed E-state index contributed by atoms with van der Waals surface area (Å²) in [4.78, 5) is 11.7. The predicted octanol–water partition coefficient (Wildman–Crippen LogP) is 3.42. The van der Waals surface area contributed by atoms with Crippen molar-refractivity contribution in [2.45, 2.75) is 25.4 Å². The lowest BCUT2D eigenvalue weighted by Crippen LogP contribution is -2.28. The highest BCUT2D eigenvalue weighted by atomic mass is 35.5. The number of halogens is 2. The van der Waals surface area contributed by atoms with E-state index in [1.54, 1.807) is 12.1 Å². The Bertz CT molecular complexity index is 459. The average molecular weight is 275 g/mol. The maximum atomic E-state index is 11.7. The molecular formula is C12H12Cl2O3. The Morgan fingerprint density at radius 1 is 1.41 bits per heavy atom. The lowest BCUT2D eigenvalue weighted by atomic mass is 9.90. The highest BCUT2D eigenvalue weighted by Gasteiger charge is 2.32. The minimum Gasteiger partial charge on any atom is -0.490 e. The molecule has 3 nitrogen and oxygen atoms in total. The molecule has 0 bridgehead atoms. The topological polar surface area (TPSA) is 35.5 Å². The van der Waals surface area contributed by atoms with Crippen molar-refractivity contribution in [2.24, 2.45) is 0 Å². The Morgan fingerprint density at radius 3 is 2.71 bits per heavy atom. The van der Waals surface area contributed by atoms with Crippen molar-refractivity contribution in [1.82, 2.24) is 0 Å². The van der Waals surface area contributed by atoms with Gasteiger partial charge in [-0.25, -0.2) is 0 Å². The number of hydrogen-bond donors (Lipinski definition) is 0. The van der Waals surface area contributed by atoms with Gasteiger partial charge in [-0.3, -0.25) is 4.79 Å². The maximum Gasteiger partial charge on any atom is 0.313 e. The van der Waals surface area contributed by atoms with Crippen LogP contribution in [-0.2, 0) is 9.53 Å².